The van der Waals surface area contributed by atoms with Crippen molar-refractivity contribution in [3.05, 3.63) is 60.9 Å². The van der Waals surface area contributed by atoms with Crippen LogP contribution in [0.4, 0.5) is 10.3 Å². The molecule has 9 heteroatoms. The van der Waals surface area contributed by atoms with Gasteiger partial charge in [-0.15, -0.1) is 6.58 Å². The summed E-state index contributed by atoms with van der Waals surface area (Å²) in [6.07, 6.45) is 1.53. The zero-order valence-electron chi connectivity index (χ0n) is 15.2. The van der Waals surface area contributed by atoms with Gasteiger partial charge in [0.15, 0.2) is 11.5 Å². The van der Waals surface area contributed by atoms with E-state index in [1.807, 2.05) is 0 Å². The van der Waals surface area contributed by atoms with Crippen molar-refractivity contribution in [1.29, 1.82) is 0 Å². The average Bonchev–Trinajstić information content (AvgIpc) is 3.17. The van der Waals surface area contributed by atoms with Crippen molar-refractivity contribution in [2.75, 3.05) is 25.1 Å². The summed E-state index contributed by atoms with van der Waals surface area (Å²) in [5.74, 6) is -0.0285. The zero-order chi connectivity index (χ0) is 20.4. The van der Waals surface area contributed by atoms with E-state index < -0.39 is 15.7 Å². The van der Waals surface area contributed by atoms with Gasteiger partial charge in [0.25, 0.3) is 0 Å². The Morgan fingerprint density at radius 2 is 1.90 bits per heavy atom. The van der Waals surface area contributed by atoms with Crippen molar-refractivity contribution < 1.29 is 26.7 Å². The van der Waals surface area contributed by atoms with Crippen LogP contribution in [0, 0.1) is 5.82 Å². The molecule has 0 spiro atoms. The number of halogens is 1. The van der Waals surface area contributed by atoms with Crippen LogP contribution in [0.2, 0.25) is 0 Å². The Morgan fingerprint density at radius 3 is 2.66 bits per heavy atom. The molecule has 4 rings (SSSR count). The van der Waals surface area contributed by atoms with Crippen LogP contribution in [0.1, 0.15) is 0 Å². The van der Waals surface area contributed by atoms with Gasteiger partial charge < -0.3 is 19.2 Å². The summed E-state index contributed by atoms with van der Waals surface area (Å²) in [5.41, 5.74) is 0.0535. The largest absolute Gasteiger partial charge is 0.486 e. The Hall–Kier alpha value is -3.33. The first-order valence-electron chi connectivity index (χ1n) is 8.76. The van der Waals surface area contributed by atoms with Crippen LogP contribution in [0.5, 0.6) is 11.5 Å². The molecule has 1 aliphatic rings. The number of sulfone groups is 1. The molecule has 1 aliphatic heterocycles. The third-order valence-electron chi connectivity index (χ3n) is 4.19. The Bertz CT molecular complexity index is 1170. The van der Waals surface area contributed by atoms with E-state index >= 15 is 0 Å². The average molecular weight is 416 g/mol. The van der Waals surface area contributed by atoms with Gasteiger partial charge in [0.1, 0.15) is 19.0 Å². The molecule has 2 heterocycles. The summed E-state index contributed by atoms with van der Waals surface area (Å²) in [4.78, 5) is 4.05. The number of fused-ring (bicyclic) bond motifs is 1. The molecule has 0 saturated carbocycles. The number of hydrogen-bond acceptors (Lipinski definition) is 7. The van der Waals surface area contributed by atoms with Crippen molar-refractivity contribution in [2.45, 2.75) is 9.92 Å². The maximum atomic E-state index is 14.2. The van der Waals surface area contributed by atoms with E-state index in [0.29, 0.717) is 24.7 Å². The molecule has 29 heavy (non-hydrogen) atoms. The van der Waals surface area contributed by atoms with Gasteiger partial charge in [-0.1, -0.05) is 18.2 Å². The lowest BCUT2D eigenvalue weighted by molar-refractivity contribution is 0.171. The van der Waals surface area contributed by atoms with E-state index in [0.717, 1.165) is 0 Å². The smallest absolute Gasteiger partial charge is 0.234 e. The van der Waals surface area contributed by atoms with E-state index in [9.17, 15) is 12.8 Å². The first kappa shape index (κ1) is 19.0. The van der Waals surface area contributed by atoms with Gasteiger partial charge in [0.2, 0.25) is 26.6 Å². The minimum Gasteiger partial charge on any atom is -0.486 e. The molecular weight excluding hydrogens is 399 g/mol. The fourth-order valence-corrected chi connectivity index (χ4v) is 4.11. The predicted molar refractivity (Wildman–Crippen MR) is 103 cm³/mol. The van der Waals surface area contributed by atoms with Crippen molar-refractivity contribution in [3.63, 3.8) is 0 Å². The number of nitrogens with one attached hydrogen (secondary N) is 1. The standard InChI is InChI=1S/C20H17FN2O5S/c1-2-9-22-19-20(23-18(28-19)14-5-3-4-6-15(14)21)29(24,25)13-7-8-16-17(12-13)27-11-10-26-16/h2-8,12,22H,1,9-11H2. The highest BCUT2D eigenvalue weighted by Crippen LogP contribution is 2.37. The molecule has 0 fully saturated rings. The number of oxazole rings is 1. The van der Waals surface area contributed by atoms with Crippen LogP contribution in [0.3, 0.4) is 0 Å². The number of anilines is 1. The molecule has 0 radical (unpaired) electrons. The lowest BCUT2D eigenvalue weighted by Crippen LogP contribution is -2.16. The molecular formula is C20H17FN2O5S. The third kappa shape index (κ3) is 3.56. The molecule has 0 bridgehead atoms. The molecule has 1 aromatic heterocycles. The third-order valence-corrected chi connectivity index (χ3v) is 5.85. The summed E-state index contributed by atoms with van der Waals surface area (Å²) >= 11 is 0. The number of aromatic nitrogens is 1. The number of hydrogen-bond donors (Lipinski definition) is 1. The second-order valence-electron chi connectivity index (χ2n) is 6.11. The number of benzene rings is 2. The lowest BCUT2D eigenvalue weighted by Gasteiger charge is -2.18. The Balaban J connectivity index is 1.82. The summed E-state index contributed by atoms with van der Waals surface area (Å²) in [7, 11) is -4.09. The van der Waals surface area contributed by atoms with Gasteiger partial charge in [0.05, 0.1) is 10.5 Å². The molecule has 0 unspecified atom stereocenters. The van der Waals surface area contributed by atoms with Crippen LogP contribution < -0.4 is 14.8 Å². The second kappa shape index (κ2) is 7.59. The Kier molecular flexibility index (Phi) is 4.98. The molecule has 150 valence electrons. The molecule has 1 N–H and O–H groups in total. The first-order chi connectivity index (χ1) is 14.0. The zero-order valence-corrected chi connectivity index (χ0v) is 16.0. The summed E-state index contributed by atoms with van der Waals surface area (Å²) in [5, 5.41) is 2.45. The minimum absolute atomic E-state index is 0.0446. The van der Waals surface area contributed by atoms with Gasteiger partial charge in [0, 0.05) is 12.6 Å². The molecule has 0 amide bonds. The highest BCUT2D eigenvalue weighted by atomic mass is 32.2. The van der Waals surface area contributed by atoms with Crippen LogP contribution >= 0.6 is 0 Å². The fourth-order valence-electron chi connectivity index (χ4n) is 2.82. The van der Waals surface area contributed by atoms with Crippen molar-refractivity contribution in [3.8, 4) is 23.0 Å². The minimum atomic E-state index is -4.09. The Labute approximate surface area is 166 Å². The van der Waals surface area contributed by atoms with E-state index in [2.05, 4.69) is 16.9 Å². The molecule has 3 aromatic rings. The fraction of sp³-hybridized carbons (Fsp3) is 0.150. The van der Waals surface area contributed by atoms with E-state index in [1.54, 1.807) is 6.07 Å². The maximum Gasteiger partial charge on any atom is 0.234 e. The molecule has 2 aromatic carbocycles. The SMILES string of the molecule is C=CCNc1oc(-c2ccccc2F)nc1S(=O)(=O)c1ccc2c(c1)OCCO2. The highest BCUT2D eigenvalue weighted by Gasteiger charge is 2.30. The summed E-state index contributed by atoms with van der Waals surface area (Å²) in [6, 6.07) is 10.1. The first-order valence-corrected chi connectivity index (χ1v) is 10.2. The van der Waals surface area contributed by atoms with Gasteiger partial charge >= 0.3 is 0 Å². The normalized spacial score (nSPS) is 13.1. The quantitative estimate of drug-likeness (QED) is 0.613. The Morgan fingerprint density at radius 1 is 1.14 bits per heavy atom. The lowest BCUT2D eigenvalue weighted by atomic mass is 10.2. The van der Waals surface area contributed by atoms with Crippen molar-refractivity contribution in [1.82, 2.24) is 4.98 Å². The van der Waals surface area contributed by atoms with E-state index in [1.165, 1.54) is 42.5 Å². The molecule has 0 aliphatic carbocycles. The van der Waals surface area contributed by atoms with Crippen LogP contribution in [-0.2, 0) is 9.84 Å². The van der Waals surface area contributed by atoms with Gasteiger partial charge in [-0.2, -0.15) is 4.98 Å². The van der Waals surface area contributed by atoms with Crippen molar-refractivity contribution in [2.24, 2.45) is 0 Å². The topological polar surface area (TPSA) is 90.7 Å². The molecule has 0 atom stereocenters. The molecule has 7 nitrogen and oxygen atoms in total. The van der Waals surface area contributed by atoms with E-state index in [4.69, 9.17) is 13.9 Å². The van der Waals surface area contributed by atoms with Gasteiger partial charge in [-0.25, -0.2) is 12.8 Å². The number of rotatable bonds is 6. The predicted octanol–water partition coefficient (Wildman–Crippen LogP) is 3.68. The summed E-state index contributed by atoms with van der Waals surface area (Å²) < 4.78 is 57.1. The van der Waals surface area contributed by atoms with Crippen molar-refractivity contribution >= 4 is 15.7 Å². The van der Waals surface area contributed by atoms with E-state index in [-0.39, 0.29) is 33.8 Å². The summed E-state index contributed by atoms with van der Waals surface area (Å²) in [6.45, 7) is 4.54. The van der Waals surface area contributed by atoms with Crippen LogP contribution in [0.15, 0.2) is 69.5 Å². The monoisotopic (exact) mass is 416 g/mol. The maximum absolute atomic E-state index is 14.2. The van der Waals surface area contributed by atoms with Gasteiger partial charge in [-0.3, -0.25) is 0 Å². The molecule has 0 saturated heterocycles. The second-order valence-corrected chi connectivity index (χ2v) is 7.98. The van der Waals surface area contributed by atoms with Gasteiger partial charge in [-0.05, 0) is 24.3 Å². The van der Waals surface area contributed by atoms with Crippen LogP contribution in [0.25, 0.3) is 11.5 Å². The number of nitrogens with zero attached hydrogens (tertiary/aromatic N) is 1. The highest BCUT2D eigenvalue weighted by molar-refractivity contribution is 7.91. The van der Waals surface area contributed by atoms with Crippen LogP contribution in [-0.4, -0.2) is 33.2 Å². The number of ether oxygens (including phenoxy) is 2.